The van der Waals surface area contributed by atoms with Gasteiger partial charge in [-0.05, 0) is 36.2 Å². The second-order valence-electron chi connectivity index (χ2n) is 4.78. The summed E-state index contributed by atoms with van der Waals surface area (Å²) in [6.07, 6.45) is 0. The number of aryl methyl sites for hydroxylation is 1. The van der Waals surface area contributed by atoms with E-state index in [1.807, 2.05) is 19.2 Å². The first-order valence-corrected chi connectivity index (χ1v) is 9.24. The molecule has 0 saturated heterocycles. The van der Waals surface area contributed by atoms with E-state index in [0.717, 1.165) is 18.2 Å². The van der Waals surface area contributed by atoms with Crippen molar-refractivity contribution in [3.8, 4) is 0 Å². The molecule has 0 fully saturated rings. The summed E-state index contributed by atoms with van der Waals surface area (Å²) >= 11 is 3.03. The number of thiazole rings is 1. The summed E-state index contributed by atoms with van der Waals surface area (Å²) in [7, 11) is 0. The molecular weight excluding hydrogens is 330 g/mol. The number of rotatable bonds is 7. The molecule has 0 aliphatic carbocycles. The van der Waals surface area contributed by atoms with Crippen LogP contribution in [0.1, 0.15) is 27.9 Å². The van der Waals surface area contributed by atoms with E-state index in [9.17, 15) is 4.79 Å². The largest absolute Gasteiger partial charge is 0.357 e. The van der Waals surface area contributed by atoms with Gasteiger partial charge in [0.15, 0.2) is 5.96 Å². The van der Waals surface area contributed by atoms with Crippen LogP contribution in [-0.4, -0.2) is 36.5 Å². The van der Waals surface area contributed by atoms with Gasteiger partial charge in [0.2, 0.25) is 0 Å². The van der Waals surface area contributed by atoms with E-state index in [2.05, 4.69) is 37.4 Å². The maximum atomic E-state index is 12.0. The Bertz CT molecular complexity index is 636. The Morgan fingerprint density at radius 3 is 2.78 bits per heavy atom. The highest BCUT2D eigenvalue weighted by molar-refractivity contribution is 7.11. The van der Waals surface area contributed by atoms with Crippen molar-refractivity contribution in [1.82, 2.24) is 20.9 Å². The van der Waals surface area contributed by atoms with E-state index >= 15 is 0 Å². The average Bonchev–Trinajstić information content (AvgIpc) is 3.20. The van der Waals surface area contributed by atoms with E-state index in [1.165, 1.54) is 16.9 Å². The van der Waals surface area contributed by atoms with Gasteiger partial charge in [-0.25, -0.2) is 9.98 Å². The van der Waals surface area contributed by atoms with Gasteiger partial charge in [0.1, 0.15) is 4.88 Å². The number of nitrogens with one attached hydrogen (secondary N) is 3. The normalized spacial score (nSPS) is 11.3. The summed E-state index contributed by atoms with van der Waals surface area (Å²) in [5.74, 6) is 0.675. The fraction of sp³-hybridized carbons (Fsp3) is 0.400. The minimum atomic E-state index is -0.0768. The Labute approximate surface area is 144 Å². The lowest BCUT2D eigenvalue weighted by atomic mass is 10.3. The van der Waals surface area contributed by atoms with Crippen molar-refractivity contribution in [1.29, 1.82) is 0 Å². The van der Waals surface area contributed by atoms with Gasteiger partial charge in [-0.15, -0.1) is 11.3 Å². The van der Waals surface area contributed by atoms with Gasteiger partial charge >= 0.3 is 0 Å². The average molecular weight is 352 g/mol. The number of aliphatic imine (C=N–C) groups is 1. The summed E-state index contributed by atoms with van der Waals surface area (Å²) < 4.78 is 0. The van der Waals surface area contributed by atoms with E-state index in [1.54, 1.807) is 16.8 Å². The van der Waals surface area contributed by atoms with Gasteiger partial charge in [0.25, 0.3) is 5.91 Å². The Hall–Kier alpha value is -1.93. The molecule has 0 unspecified atom stereocenters. The number of amides is 1. The van der Waals surface area contributed by atoms with Crippen molar-refractivity contribution in [3.05, 3.63) is 38.5 Å². The van der Waals surface area contributed by atoms with E-state index in [0.29, 0.717) is 24.5 Å². The smallest absolute Gasteiger partial charge is 0.263 e. The molecule has 8 heteroatoms. The van der Waals surface area contributed by atoms with E-state index in [4.69, 9.17) is 0 Å². The van der Waals surface area contributed by atoms with Crippen molar-refractivity contribution in [2.75, 3.05) is 19.6 Å². The molecule has 3 N–H and O–H groups in total. The number of hydrogen-bond acceptors (Lipinski definition) is 5. The summed E-state index contributed by atoms with van der Waals surface area (Å²) in [4.78, 5) is 21.2. The second kappa shape index (κ2) is 9.26. The van der Waals surface area contributed by atoms with Crippen molar-refractivity contribution in [2.24, 2.45) is 4.99 Å². The Morgan fingerprint density at radius 2 is 2.13 bits per heavy atom. The molecule has 2 aromatic rings. The van der Waals surface area contributed by atoms with Crippen LogP contribution in [-0.2, 0) is 6.54 Å². The maximum Gasteiger partial charge on any atom is 0.263 e. The number of guanidine groups is 1. The molecule has 0 aromatic carbocycles. The molecule has 0 aliphatic rings. The molecule has 2 rings (SSSR count). The van der Waals surface area contributed by atoms with Crippen LogP contribution in [0.5, 0.6) is 0 Å². The standard InChI is InChI=1S/C15H21N5OS2/c1-3-16-15(19-8-12-4-7-22-9-12)18-6-5-17-14(21)13-11(2)20-10-23-13/h4,7,9-10H,3,5-6,8H2,1-2H3,(H,17,21)(H2,16,18,19). The minimum absolute atomic E-state index is 0.0768. The first-order chi connectivity index (χ1) is 11.2. The Morgan fingerprint density at radius 1 is 1.30 bits per heavy atom. The fourth-order valence-corrected chi connectivity index (χ4v) is 3.23. The van der Waals surface area contributed by atoms with Gasteiger partial charge in [-0.2, -0.15) is 11.3 Å². The van der Waals surface area contributed by atoms with Gasteiger partial charge in [-0.1, -0.05) is 0 Å². The summed E-state index contributed by atoms with van der Waals surface area (Å²) in [5.41, 5.74) is 3.65. The van der Waals surface area contributed by atoms with Gasteiger partial charge in [0, 0.05) is 19.6 Å². The number of hydrogen-bond donors (Lipinski definition) is 3. The highest BCUT2D eigenvalue weighted by Crippen LogP contribution is 2.11. The summed E-state index contributed by atoms with van der Waals surface area (Å²) in [5, 5.41) is 13.4. The molecule has 23 heavy (non-hydrogen) atoms. The first-order valence-electron chi connectivity index (χ1n) is 7.42. The lowest BCUT2D eigenvalue weighted by Gasteiger charge is -2.11. The molecule has 0 spiro atoms. The number of carbonyl (C=O) groups is 1. The highest BCUT2D eigenvalue weighted by Gasteiger charge is 2.10. The molecule has 124 valence electrons. The van der Waals surface area contributed by atoms with Crippen LogP contribution >= 0.6 is 22.7 Å². The van der Waals surface area contributed by atoms with Gasteiger partial charge < -0.3 is 16.0 Å². The molecule has 0 bridgehead atoms. The minimum Gasteiger partial charge on any atom is -0.357 e. The third-order valence-corrected chi connectivity index (χ3v) is 4.66. The molecule has 0 saturated carbocycles. The summed E-state index contributed by atoms with van der Waals surface area (Å²) in [6.45, 7) is 6.44. The maximum absolute atomic E-state index is 12.0. The third-order valence-electron chi connectivity index (χ3n) is 3.00. The molecule has 0 radical (unpaired) electrons. The topological polar surface area (TPSA) is 78.4 Å². The first kappa shape index (κ1) is 17.4. The van der Waals surface area contributed by atoms with Crippen molar-refractivity contribution < 1.29 is 4.79 Å². The number of aromatic nitrogens is 1. The fourth-order valence-electron chi connectivity index (χ4n) is 1.85. The van der Waals surface area contributed by atoms with Gasteiger partial charge in [0.05, 0.1) is 17.7 Å². The van der Waals surface area contributed by atoms with Crippen molar-refractivity contribution in [3.63, 3.8) is 0 Å². The second-order valence-corrected chi connectivity index (χ2v) is 6.41. The molecule has 0 aliphatic heterocycles. The van der Waals surface area contributed by atoms with Crippen LogP contribution in [0.15, 0.2) is 27.3 Å². The van der Waals surface area contributed by atoms with Crippen LogP contribution in [0.4, 0.5) is 0 Å². The molecule has 2 aromatic heterocycles. The number of thiophene rings is 1. The lowest BCUT2D eigenvalue weighted by molar-refractivity contribution is 0.0957. The SMILES string of the molecule is CCNC(=NCc1ccsc1)NCCNC(=O)c1scnc1C. The number of nitrogens with zero attached hydrogens (tertiary/aromatic N) is 2. The van der Waals surface area contributed by atoms with E-state index < -0.39 is 0 Å². The van der Waals surface area contributed by atoms with Crippen LogP contribution in [0, 0.1) is 6.92 Å². The zero-order chi connectivity index (χ0) is 16.5. The predicted molar refractivity (Wildman–Crippen MR) is 96.3 cm³/mol. The quantitative estimate of drug-likeness (QED) is 0.405. The lowest BCUT2D eigenvalue weighted by Crippen LogP contribution is -2.41. The monoisotopic (exact) mass is 351 g/mol. The zero-order valence-corrected chi connectivity index (χ0v) is 14.9. The van der Waals surface area contributed by atoms with Crippen LogP contribution in [0.25, 0.3) is 0 Å². The van der Waals surface area contributed by atoms with Crippen LogP contribution in [0.2, 0.25) is 0 Å². The molecule has 2 heterocycles. The molecular formula is C15H21N5OS2. The summed E-state index contributed by atoms with van der Waals surface area (Å²) in [6, 6.07) is 2.06. The van der Waals surface area contributed by atoms with Gasteiger partial charge in [-0.3, -0.25) is 4.79 Å². The Balaban J connectivity index is 1.74. The molecule has 0 atom stereocenters. The molecule has 1 amide bonds. The van der Waals surface area contributed by atoms with E-state index in [-0.39, 0.29) is 5.91 Å². The highest BCUT2D eigenvalue weighted by atomic mass is 32.1. The van der Waals surface area contributed by atoms with Crippen molar-refractivity contribution >= 4 is 34.5 Å². The number of carbonyl (C=O) groups excluding carboxylic acids is 1. The van der Waals surface area contributed by atoms with Crippen LogP contribution in [0.3, 0.4) is 0 Å². The predicted octanol–water partition coefficient (Wildman–Crippen LogP) is 2.00. The molecule has 6 nitrogen and oxygen atoms in total. The van der Waals surface area contributed by atoms with Crippen LogP contribution < -0.4 is 16.0 Å². The Kier molecular flexibility index (Phi) is 7.02. The zero-order valence-electron chi connectivity index (χ0n) is 13.3. The van der Waals surface area contributed by atoms with Crippen molar-refractivity contribution in [2.45, 2.75) is 20.4 Å². The third kappa shape index (κ3) is 5.65.